The van der Waals surface area contributed by atoms with Crippen molar-refractivity contribution in [3.8, 4) is 17.3 Å². The van der Waals surface area contributed by atoms with E-state index in [1.54, 1.807) is 24.3 Å². The van der Waals surface area contributed by atoms with Crippen molar-refractivity contribution in [2.24, 2.45) is 0 Å². The Morgan fingerprint density at radius 1 is 1.17 bits per heavy atom. The number of hydrogen-bond donors (Lipinski definition) is 1. The van der Waals surface area contributed by atoms with Crippen LogP contribution in [0.1, 0.15) is 5.56 Å². The highest BCUT2D eigenvalue weighted by Crippen LogP contribution is 2.27. The Bertz CT molecular complexity index is 612. The van der Waals surface area contributed by atoms with Crippen molar-refractivity contribution in [3.05, 3.63) is 46.1 Å². The zero-order chi connectivity index (χ0) is 13.1. The fraction of sp³-hybridized carbons (Fsp3) is 0.0769. The van der Waals surface area contributed by atoms with Crippen molar-refractivity contribution >= 4 is 28.9 Å². The molecule has 2 aromatic rings. The number of halogens is 2. The minimum Gasteiger partial charge on any atom is -0.397 e. The first kappa shape index (κ1) is 12.7. The van der Waals surface area contributed by atoms with Crippen molar-refractivity contribution < 1.29 is 0 Å². The Balaban J connectivity index is 2.51. The van der Waals surface area contributed by atoms with Gasteiger partial charge in [-0.3, -0.25) is 4.98 Å². The maximum atomic E-state index is 8.73. The molecular weight excluding hydrogens is 269 g/mol. The van der Waals surface area contributed by atoms with Gasteiger partial charge in [-0.1, -0.05) is 23.2 Å². The molecule has 2 N–H and O–H groups in total. The summed E-state index contributed by atoms with van der Waals surface area (Å²) in [6.07, 6.45) is 1.78. The van der Waals surface area contributed by atoms with Gasteiger partial charge in [0.2, 0.25) is 0 Å². The van der Waals surface area contributed by atoms with Crippen LogP contribution in [0.15, 0.2) is 30.5 Å². The van der Waals surface area contributed by atoms with Crippen LogP contribution in [0.2, 0.25) is 10.0 Å². The number of rotatable bonds is 2. The number of hydrogen-bond acceptors (Lipinski definition) is 3. The van der Waals surface area contributed by atoms with Gasteiger partial charge in [0.05, 0.1) is 30.1 Å². The maximum absolute atomic E-state index is 8.73. The molecule has 2 rings (SSSR count). The summed E-state index contributed by atoms with van der Waals surface area (Å²) >= 11 is 11.9. The van der Waals surface area contributed by atoms with Crippen molar-refractivity contribution in [1.29, 1.82) is 5.26 Å². The Morgan fingerprint density at radius 2 is 1.83 bits per heavy atom. The molecule has 0 saturated heterocycles. The lowest BCUT2D eigenvalue weighted by Crippen LogP contribution is -1.96. The van der Waals surface area contributed by atoms with Crippen LogP contribution in [0.4, 0.5) is 5.69 Å². The molecule has 0 atom stereocenters. The SMILES string of the molecule is N#CCc1cc(-c2cc(Cl)cc(Cl)c2)ncc1N. The van der Waals surface area contributed by atoms with E-state index in [0.717, 1.165) is 11.1 Å². The molecule has 0 fully saturated rings. The predicted octanol–water partition coefficient (Wildman–Crippen LogP) is 3.70. The molecule has 0 radical (unpaired) electrons. The van der Waals surface area contributed by atoms with Gasteiger partial charge in [-0.05, 0) is 29.8 Å². The number of benzene rings is 1. The first-order chi connectivity index (χ1) is 8.60. The molecule has 18 heavy (non-hydrogen) atoms. The molecule has 0 unspecified atom stereocenters. The average molecular weight is 278 g/mol. The summed E-state index contributed by atoms with van der Waals surface area (Å²) < 4.78 is 0. The Hall–Kier alpha value is -1.76. The highest BCUT2D eigenvalue weighted by molar-refractivity contribution is 6.35. The van der Waals surface area contributed by atoms with Gasteiger partial charge >= 0.3 is 0 Å². The van der Waals surface area contributed by atoms with Crippen LogP contribution < -0.4 is 5.73 Å². The van der Waals surface area contributed by atoms with Gasteiger partial charge in [0.15, 0.2) is 0 Å². The Morgan fingerprint density at radius 3 is 2.44 bits per heavy atom. The van der Waals surface area contributed by atoms with Crippen LogP contribution in [0.5, 0.6) is 0 Å². The molecule has 0 amide bonds. The summed E-state index contributed by atoms with van der Waals surface area (Å²) in [6.45, 7) is 0. The summed E-state index contributed by atoms with van der Waals surface area (Å²) in [5.41, 5.74) is 8.50. The van der Waals surface area contributed by atoms with Crippen molar-refractivity contribution in [1.82, 2.24) is 4.98 Å². The summed E-state index contributed by atoms with van der Waals surface area (Å²) in [6, 6.07) is 9.03. The summed E-state index contributed by atoms with van der Waals surface area (Å²) in [5.74, 6) is 0. The molecule has 1 aromatic heterocycles. The van der Waals surface area contributed by atoms with E-state index in [1.165, 1.54) is 6.20 Å². The molecule has 0 aliphatic rings. The molecule has 1 heterocycles. The second-order valence-electron chi connectivity index (χ2n) is 3.76. The van der Waals surface area contributed by atoms with Gasteiger partial charge in [-0.15, -0.1) is 0 Å². The number of nitrogens with two attached hydrogens (primary N) is 1. The van der Waals surface area contributed by atoms with Crippen molar-refractivity contribution in [2.45, 2.75) is 6.42 Å². The van der Waals surface area contributed by atoms with Crippen molar-refractivity contribution in [2.75, 3.05) is 5.73 Å². The molecular formula is C13H9Cl2N3. The summed E-state index contributed by atoms with van der Waals surface area (Å²) in [5, 5.41) is 9.81. The molecule has 0 spiro atoms. The van der Waals surface area contributed by atoms with Gasteiger partial charge < -0.3 is 5.73 Å². The van der Waals surface area contributed by atoms with E-state index in [1.807, 2.05) is 0 Å². The predicted molar refractivity (Wildman–Crippen MR) is 73.4 cm³/mol. The third kappa shape index (κ3) is 2.73. The molecule has 0 aliphatic heterocycles. The monoisotopic (exact) mass is 277 g/mol. The zero-order valence-electron chi connectivity index (χ0n) is 9.32. The van der Waals surface area contributed by atoms with Crippen LogP contribution in [0.3, 0.4) is 0 Å². The lowest BCUT2D eigenvalue weighted by Gasteiger charge is -2.06. The fourth-order valence-electron chi connectivity index (χ4n) is 1.61. The molecule has 90 valence electrons. The average Bonchev–Trinajstić information content (AvgIpc) is 2.31. The van der Waals surface area contributed by atoms with Crippen LogP contribution >= 0.6 is 23.2 Å². The van der Waals surface area contributed by atoms with Gasteiger partial charge in [-0.25, -0.2) is 0 Å². The van der Waals surface area contributed by atoms with Gasteiger partial charge in [0, 0.05) is 15.6 Å². The Kier molecular flexibility index (Phi) is 3.71. The second kappa shape index (κ2) is 5.26. The standard InChI is InChI=1S/C13H9Cl2N3/c14-10-3-9(4-11(15)6-10)13-5-8(1-2-16)12(17)7-18-13/h3-7H,1,17H2. The van der Waals surface area contributed by atoms with E-state index in [-0.39, 0.29) is 6.42 Å². The minimum atomic E-state index is 0.246. The van der Waals surface area contributed by atoms with E-state index in [2.05, 4.69) is 11.1 Å². The molecule has 1 aromatic carbocycles. The van der Waals surface area contributed by atoms with Gasteiger partial charge in [0.1, 0.15) is 0 Å². The first-order valence-electron chi connectivity index (χ1n) is 5.18. The maximum Gasteiger partial charge on any atom is 0.0707 e. The topological polar surface area (TPSA) is 62.7 Å². The normalized spacial score (nSPS) is 10.1. The van der Waals surface area contributed by atoms with E-state index in [4.69, 9.17) is 34.2 Å². The van der Waals surface area contributed by atoms with Gasteiger partial charge in [0.25, 0.3) is 0 Å². The minimum absolute atomic E-state index is 0.246. The lowest BCUT2D eigenvalue weighted by atomic mass is 10.1. The molecule has 5 heteroatoms. The second-order valence-corrected chi connectivity index (χ2v) is 4.63. The Labute approximate surface area is 115 Å². The lowest BCUT2D eigenvalue weighted by molar-refractivity contribution is 1.22. The summed E-state index contributed by atoms with van der Waals surface area (Å²) in [7, 11) is 0. The van der Waals surface area contributed by atoms with Crippen molar-refractivity contribution in [3.63, 3.8) is 0 Å². The largest absolute Gasteiger partial charge is 0.397 e. The molecule has 0 bridgehead atoms. The first-order valence-corrected chi connectivity index (χ1v) is 5.93. The van der Waals surface area contributed by atoms with E-state index >= 15 is 0 Å². The third-order valence-corrected chi connectivity index (χ3v) is 2.89. The molecule has 0 aliphatic carbocycles. The smallest absolute Gasteiger partial charge is 0.0707 e. The molecule has 3 nitrogen and oxygen atoms in total. The number of pyridine rings is 1. The fourth-order valence-corrected chi connectivity index (χ4v) is 2.13. The summed E-state index contributed by atoms with van der Waals surface area (Å²) in [4.78, 5) is 4.22. The number of anilines is 1. The highest BCUT2D eigenvalue weighted by Gasteiger charge is 2.06. The highest BCUT2D eigenvalue weighted by atomic mass is 35.5. The van der Waals surface area contributed by atoms with Crippen LogP contribution in [-0.2, 0) is 6.42 Å². The number of nitriles is 1. The van der Waals surface area contributed by atoms with E-state index < -0.39 is 0 Å². The van der Waals surface area contributed by atoms with E-state index in [9.17, 15) is 0 Å². The number of nitrogens with zero attached hydrogens (tertiary/aromatic N) is 2. The quantitative estimate of drug-likeness (QED) is 0.910. The molecule has 0 saturated carbocycles. The third-order valence-electron chi connectivity index (χ3n) is 2.45. The van der Waals surface area contributed by atoms with E-state index in [0.29, 0.717) is 21.4 Å². The number of aromatic nitrogens is 1. The van der Waals surface area contributed by atoms with Crippen LogP contribution in [0, 0.1) is 11.3 Å². The van der Waals surface area contributed by atoms with Gasteiger partial charge in [-0.2, -0.15) is 5.26 Å². The zero-order valence-corrected chi connectivity index (χ0v) is 10.8. The van der Waals surface area contributed by atoms with Crippen LogP contribution in [-0.4, -0.2) is 4.98 Å². The van der Waals surface area contributed by atoms with Crippen LogP contribution in [0.25, 0.3) is 11.3 Å². The number of nitrogen functional groups attached to an aromatic ring is 1.